The molecule has 0 aromatic carbocycles. The van der Waals surface area contributed by atoms with Gasteiger partial charge in [-0.05, 0) is 13.8 Å². The molecule has 0 amide bonds. The number of aryl methyl sites for hydroxylation is 2. The van der Waals surface area contributed by atoms with Crippen LogP contribution in [0.4, 0.5) is 0 Å². The van der Waals surface area contributed by atoms with Gasteiger partial charge < -0.3 is 9.63 Å². The number of nitrogens with zero attached hydrogens (tertiary/aromatic N) is 3. The molecular weight excluding hydrogens is 242 g/mol. The number of aromatic nitrogens is 1. The molecule has 1 N–H and O–H groups in total. The minimum Gasteiger partial charge on any atom is -0.481 e. The minimum atomic E-state index is -0.858. The van der Waals surface area contributed by atoms with E-state index in [1.165, 1.54) is 11.8 Å². The first kappa shape index (κ1) is 11.8. The van der Waals surface area contributed by atoms with Crippen LogP contribution in [0.5, 0.6) is 0 Å². The molecule has 90 valence electrons. The normalized spacial score (nSPS) is 14.7. The quantitative estimate of drug-likeness (QED) is 0.884. The van der Waals surface area contributed by atoms with Gasteiger partial charge in [0, 0.05) is 6.42 Å². The second-order valence-corrected chi connectivity index (χ2v) is 4.65. The summed E-state index contributed by atoms with van der Waals surface area (Å²) in [5, 5.41) is 21.1. The molecule has 1 aromatic heterocycles. The maximum atomic E-state index is 10.4. The molecule has 0 atom stereocenters. The van der Waals surface area contributed by atoms with Crippen molar-refractivity contribution in [3.63, 3.8) is 0 Å². The Morgan fingerprint density at radius 1 is 1.47 bits per heavy atom. The van der Waals surface area contributed by atoms with Gasteiger partial charge in [-0.2, -0.15) is 5.10 Å². The number of hydrogen-bond acceptors (Lipinski definition) is 6. The lowest BCUT2D eigenvalue weighted by atomic mass is 10.1. The van der Waals surface area contributed by atoms with Crippen molar-refractivity contribution in [2.45, 2.75) is 20.3 Å². The van der Waals surface area contributed by atoms with Gasteiger partial charge in [0.25, 0.3) is 0 Å². The average molecular weight is 253 g/mol. The van der Waals surface area contributed by atoms with Crippen LogP contribution in [-0.2, 0) is 4.79 Å². The number of carboxylic acid groups (broad SMARTS) is 1. The molecule has 0 unspecified atom stereocenters. The van der Waals surface area contributed by atoms with Crippen LogP contribution in [0.15, 0.2) is 14.7 Å². The van der Waals surface area contributed by atoms with Gasteiger partial charge in [0.1, 0.15) is 10.8 Å². The van der Waals surface area contributed by atoms with E-state index in [0.717, 1.165) is 17.0 Å². The van der Waals surface area contributed by atoms with Crippen molar-refractivity contribution in [3.8, 4) is 0 Å². The summed E-state index contributed by atoms with van der Waals surface area (Å²) in [5.41, 5.74) is 2.44. The van der Waals surface area contributed by atoms with Gasteiger partial charge in [0.2, 0.25) is 0 Å². The van der Waals surface area contributed by atoms with Crippen molar-refractivity contribution in [2.75, 3.05) is 5.75 Å². The predicted octanol–water partition coefficient (Wildman–Crippen LogP) is 1.62. The molecule has 0 saturated carbocycles. The molecule has 0 aliphatic carbocycles. The Hall–Kier alpha value is -1.63. The molecule has 0 fully saturated rings. The fourth-order valence-electron chi connectivity index (χ4n) is 1.59. The Morgan fingerprint density at radius 2 is 2.24 bits per heavy atom. The van der Waals surface area contributed by atoms with E-state index in [9.17, 15) is 4.79 Å². The van der Waals surface area contributed by atoms with Gasteiger partial charge in [-0.3, -0.25) is 4.79 Å². The van der Waals surface area contributed by atoms with E-state index < -0.39 is 5.97 Å². The molecule has 0 bridgehead atoms. The van der Waals surface area contributed by atoms with Gasteiger partial charge in [-0.15, -0.1) is 5.10 Å². The summed E-state index contributed by atoms with van der Waals surface area (Å²) in [5.74, 6) is -0.145. The summed E-state index contributed by atoms with van der Waals surface area (Å²) in [6.45, 7) is 3.66. The average Bonchev–Trinajstić information content (AvgIpc) is 2.83. The van der Waals surface area contributed by atoms with E-state index in [-0.39, 0.29) is 5.75 Å². The maximum absolute atomic E-state index is 10.4. The van der Waals surface area contributed by atoms with Crippen LogP contribution in [0.3, 0.4) is 0 Å². The van der Waals surface area contributed by atoms with Gasteiger partial charge in [0.05, 0.1) is 22.7 Å². The van der Waals surface area contributed by atoms with E-state index in [0.29, 0.717) is 17.2 Å². The van der Waals surface area contributed by atoms with Crippen LogP contribution in [0.2, 0.25) is 0 Å². The number of carboxylic acids is 1. The highest BCUT2D eigenvalue weighted by atomic mass is 32.2. The third-order valence-corrected chi connectivity index (χ3v) is 3.24. The van der Waals surface area contributed by atoms with E-state index in [1.54, 1.807) is 0 Å². The fourth-order valence-corrected chi connectivity index (χ4v) is 2.22. The van der Waals surface area contributed by atoms with Crippen molar-refractivity contribution >= 4 is 28.5 Å². The van der Waals surface area contributed by atoms with Crippen LogP contribution >= 0.6 is 11.8 Å². The number of rotatable bonds is 3. The van der Waals surface area contributed by atoms with E-state index in [4.69, 9.17) is 9.63 Å². The predicted molar refractivity (Wildman–Crippen MR) is 64.7 cm³/mol. The van der Waals surface area contributed by atoms with Crippen molar-refractivity contribution in [1.82, 2.24) is 5.16 Å². The lowest BCUT2D eigenvalue weighted by Gasteiger charge is -1.99. The zero-order chi connectivity index (χ0) is 12.4. The van der Waals surface area contributed by atoms with Gasteiger partial charge in [-0.25, -0.2) is 0 Å². The first-order valence-corrected chi connectivity index (χ1v) is 5.97. The number of hydrogen-bond donors (Lipinski definition) is 1. The number of thioether (sulfide) groups is 1. The number of carbonyl (C=O) groups is 1. The van der Waals surface area contributed by atoms with Crippen molar-refractivity contribution in [2.24, 2.45) is 10.2 Å². The first-order valence-electron chi connectivity index (χ1n) is 4.99. The minimum absolute atomic E-state index is 0.00321. The van der Waals surface area contributed by atoms with Crippen LogP contribution in [0.1, 0.15) is 23.4 Å². The van der Waals surface area contributed by atoms with E-state index in [1.807, 2.05) is 13.8 Å². The van der Waals surface area contributed by atoms with E-state index >= 15 is 0 Å². The fraction of sp³-hybridized carbons (Fsp3) is 0.400. The summed E-state index contributed by atoms with van der Waals surface area (Å²) in [6, 6.07) is 0. The maximum Gasteiger partial charge on any atom is 0.313 e. The van der Waals surface area contributed by atoms with Gasteiger partial charge in [0.15, 0.2) is 0 Å². The molecule has 7 heteroatoms. The molecule has 1 aliphatic rings. The third kappa shape index (κ3) is 2.55. The highest BCUT2D eigenvalue weighted by Gasteiger charge is 2.21. The molecule has 1 aromatic rings. The van der Waals surface area contributed by atoms with E-state index in [2.05, 4.69) is 15.4 Å². The largest absolute Gasteiger partial charge is 0.481 e. The topological polar surface area (TPSA) is 88.0 Å². The SMILES string of the molecule is Cc1noc(C)c1C1=NN=C(SCC(=O)O)C1. The molecule has 1 aliphatic heterocycles. The monoisotopic (exact) mass is 253 g/mol. The first-order chi connectivity index (χ1) is 8.08. The number of aliphatic carboxylic acids is 1. The Morgan fingerprint density at radius 3 is 2.82 bits per heavy atom. The second-order valence-electron chi connectivity index (χ2n) is 3.60. The van der Waals surface area contributed by atoms with Crippen molar-refractivity contribution < 1.29 is 14.4 Å². The van der Waals surface area contributed by atoms with Crippen LogP contribution in [0.25, 0.3) is 0 Å². The van der Waals surface area contributed by atoms with Crippen molar-refractivity contribution in [3.05, 3.63) is 17.0 Å². The Balaban J connectivity index is 2.03. The van der Waals surface area contributed by atoms with Crippen LogP contribution in [0, 0.1) is 13.8 Å². The summed E-state index contributed by atoms with van der Waals surface area (Å²) >= 11 is 1.19. The van der Waals surface area contributed by atoms with Gasteiger partial charge >= 0.3 is 5.97 Å². The molecule has 0 saturated heterocycles. The summed E-state index contributed by atoms with van der Waals surface area (Å²) < 4.78 is 5.06. The second kappa shape index (κ2) is 4.70. The Bertz CT molecular complexity index is 499. The molecular formula is C10H11N3O3S. The molecule has 0 radical (unpaired) electrons. The van der Waals surface area contributed by atoms with Crippen LogP contribution < -0.4 is 0 Å². The lowest BCUT2D eigenvalue weighted by Crippen LogP contribution is -2.06. The summed E-state index contributed by atoms with van der Waals surface area (Å²) in [4.78, 5) is 10.4. The summed E-state index contributed by atoms with van der Waals surface area (Å²) in [7, 11) is 0. The van der Waals surface area contributed by atoms with Gasteiger partial charge in [-0.1, -0.05) is 16.9 Å². The highest BCUT2D eigenvalue weighted by Crippen LogP contribution is 2.22. The molecule has 6 nitrogen and oxygen atoms in total. The molecule has 2 rings (SSSR count). The van der Waals surface area contributed by atoms with Crippen LogP contribution in [-0.4, -0.2) is 32.7 Å². The Labute approximate surface area is 102 Å². The zero-order valence-electron chi connectivity index (χ0n) is 9.43. The Kier molecular flexibility index (Phi) is 3.28. The smallest absolute Gasteiger partial charge is 0.313 e. The molecule has 0 spiro atoms. The zero-order valence-corrected chi connectivity index (χ0v) is 10.2. The third-order valence-electron chi connectivity index (χ3n) is 2.29. The lowest BCUT2D eigenvalue weighted by molar-refractivity contribution is -0.133. The highest BCUT2D eigenvalue weighted by molar-refractivity contribution is 8.14. The molecule has 17 heavy (non-hydrogen) atoms. The standard InChI is InChI=1S/C10H11N3O3S/c1-5-10(6(2)16-13-5)7-3-8(12-11-7)17-4-9(14)15/h3-4H2,1-2H3,(H,14,15). The summed E-state index contributed by atoms with van der Waals surface area (Å²) in [6.07, 6.45) is 0.542. The molecule has 2 heterocycles. The van der Waals surface area contributed by atoms with Crippen molar-refractivity contribution in [1.29, 1.82) is 0 Å².